The fraction of sp³-hybridized carbons (Fsp3) is 0.200. The van der Waals surface area contributed by atoms with Crippen molar-refractivity contribution >= 4 is 34.8 Å². The van der Waals surface area contributed by atoms with Crippen molar-refractivity contribution in [1.29, 1.82) is 0 Å². The van der Waals surface area contributed by atoms with E-state index in [4.69, 9.17) is 16.3 Å². The highest BCUT2D eigenvalue weighted by Gasteiger charge is 2.12. The van der Waals surface area contributed by atoms with Crippen molar-refractivity contribution in [3.63, 3.8) is 0 Å². The van der Waals surface area contributed by atoms with E-state index in [0.717, 1.165) is 29.7 Å². The maximum Gasteiger partial charge on any atom is 0.262 e. The fourth-order valence-corrected chi connectivity index (χ4v) is 3.39. The van der Waals surface area contributed by atoms with Gasteiger partial charge >= 0.3 is 0 Å². The average Bonchev–Trinajstić information content (AvgIpc) is 2.78. The molecule has 3 aromatic carbocycles. The van der Waals surface area contributed by atoms with Crippen LogP contribution in [0.1, 0.15) is 35.3 Å². The number of para-hydroxylation sites is 1. The van der Waals surface area contributed by atoms with Crippen LogP contribution in [0.5, 0.6) is 5.75 Å². The lowest BCUT2D eigenvalue weighted by molar-refractivity contribution is -0.118. The second-order valence-corrected chi connectivity index (χ2v) is 7.42. The van der Waals surface area contributed by atoms with Gasteiger partial charge in [-0.05, 0) is 66.4 Å². The molecule has 31 heavy (non-hydrogen) atoms. The number of carbonyl (C=O) groups is 2. The third-order valence-corrected chi connectivity index (χ3v) is 5.07. The molecule has 0 aliphatic heterocycles. The molecule has 0 aromatic heterocycles. The Kier molecular flexibility index (Phi) is 7.68. The summed E-state index contributed by atoms with van der Waals surface area (Å²) in [5.41, 5.74) is 4.22. The van der Waals surface area contributed by atoms with Crippen molar-refractivity contribution in [1.82, 2.24) is 0 Å². The van der Waals surface area contributed by atoms with Crippen molar-refractivity contribution in [2.45, 2.75) is 26.7 Å². The van der Waals surface area contributed by atoms with Gasteiger partial charge in [-0.25, -0.2) is 0 Å². The number of ether oxygens (including phenoxy) is 1. The number of halogens is 1. The third kappa shape index (κ3) is 6.09. The highest BCUT2D eigenvalue weighted by Crippen LogP contribution is 2.24. The van der Waals surface area contributed by atoms with Gasteiger partial charge in [0.25, 0.3) is 11.8 Å². The van der Waals surface area contributed by atoms with E-state index in [1.807, 2.05) is 18.2 Å². The Morgan fingerprint density at radius 2 is 1.52 bits per heavy atom. The van der Waals surface area contributed by atoms with Crippen LogP contribution < -0.4 is 15.4 Å². The van der Waals surface area contributed by atoms with Crippen LogP contribution >= 0.6 is 11.6 Å². The average molecular weight is 437 g/mol. The zero-order chi connectivity index (χ0) is 22.2. The Labute approximate surface area is 187 Å². The zero-order valence-electron chi connectivity index (χ0n) is 17.6. The van der Waals surface area contributed by atoms with Crippen LogP contribution in [0.2, 0.25) is 5.02 Å². The second kappa shape index (κ2) is 10.6. The number of carbonyl (C=O) groups excluding carboxylic acids is 2. The topological polar surface area (TPSA) is 67.4 Å². The summed E-state index contributed by atoms with van der Waals surface area (Å²) in [7, 11) is 0. The minimum absolute atomic E-state index is 0.151. The van der Waals surface area contributed by atoms with Crippen LogP contribution in [-0.2, 0) is 17.6 Å². The fourth-order valence-electron chi connectivity index (χ4n) is 3.20. The number of hydrogen-bond acceptors (Lipinski definition) is 3. The quantitative estimate of drug-likeness (QED) is 0.473. The molecule has 0 aliphatic carbocycles. The molecule has 0 aliphatic rings. The Morgan fingerprint density at radius 1 is 0.871 bits per heavy atom. The molecular weight excluding hydrogens is 412 g/mol. The second-order valence-electron chi connectivity index (χ2n) is 6.98. The van der Waals surface area contributed by atoms with Crippen LogP contribution in [0.25, 0.3) is 0 Å². The van der Waals surface area contributed by atoms with Gasteiger partial charge in [-0.3, -0.25) is 9.59 Å². The summed E-state index contributed by atoms with van der Waals surface area (Å²) in [6, 6.07) is 19.7. The number of amides is 2. The van der Waals surface area contributed by atoms with Gasteiger partial charge in [0.2, 0.25) is 0 Å². The Bertz CT molecular complexity index is 1040. The number of benzene rings is 3. The zero-order valence-corrected chi connectivity index (χ0v) is 18.3. The van der Waals surface area contributed by atoms with Gasteiger partial charge < -0.3 is 15.4 Å². The summed E-state index contributed by atoms with van der Waals surface area (Å²) in [4.78, 5) is 24.8. The molecule has 5 nitrogen and oxygen atoms in total. The molecule has 0 bridgehead atoms. The summed E-state index contributed by atoms with van der Waals surface area (Å²) in [6.45, 7) is 3.99. The van der Waals surface area contributed by atoms with Gasteiger partial charge in [0.1, 0.15) is 5.75 Å². The Hall–Kier alpha value is -3.31. The highest BCUT2D eigenvalue weighted by molar-refractivity contribution is 6.30. The molecule has 6 heteroatoms. The van der Waals surface area contributed by atoms with Crippen LogP contribution in [0.4, 0.5) is 11.4 Å². The van der Waals surface area contributed by atoms with Gasteiger partial charge in [-0.2, -0.15) is 0 Å². The predicted octanol–water partition coefficient (Wildman–Crippen LogP) is 5.73. The standard InChI is InChI=1S/C25H25ClN2O3/c1-3-17-7-5-8-18(4-2)24(17)28-25(30)19-11-13-22(14-12-19)31-16-23(29)27-21-10-6-9-20(26)15-21/h5-15H,3-4,16H2,1-2H3,(H,27,29)(H,28,30). The number of nitrogens with one attached hydrogen (secondary N) is 2. The monoisotopic (exact) mass is 436 g/mol. The van der Waals surface area contributed by atoms with Crippen LogP contribution in [0.3, 0.4) is 0 Å². The van der Waals surface area contributed by atoms with E-state index in [9.17, 15) is 9.59 Å². The van der Waals surface area contributed by atoms with Crippen LogP contribution in [-0.4, -0.2) is 18.4 Å². The van der Waals surface area contributed by atoms with E-state index in [1.165, 1.54) is 0 Å². The van der Waals surface area contributed by atoms with Crippen LogP contribution in [0, 0.1) is 0 Å². The first-order chi connectivity index (χ1) is 15.0. The SMILES string of the molecule is CCc1cccc(CC)c1NC(=O)c1ccc(OCC(=O)Nc2cccc(Cl)c2)cc1. The molecule has 0 heterocycles. The minimum atomic E-state index is -0.299. The maximum atomic E-state index is 12.7. The van der Waals surface area contributed by atoms with E-state index < -0.39 is 0 Å². The highest BCUT2D eigenvalue weighted by atomic mass is 35.5. The van der Waals surface area contributed by atoms with Gasteiger partial charge in [0.05, 0.1) is 0 Å². The maximum absolute atomic E-state index is 12.7. The summed E-state index contributed by atoms with van der Waals surface area (Å²) in [5, 5.41) is 6.30. The Morgan fingerprint density at radius 3 is 2.13 bits per heavy atom. The lowest BCUT2D eigenvalue weighted by atomic mass is 10.0. The number of aryl methyl sites for hydroxylation is 2. The van der Waals surface area contributed by atoms with Crippen molar-refractivity contribution in [3.8, 4) is 5.75 Å². The number of anilines is 2. The third-order valence-electron chi connectivity index (χ3n) is 4.83. The van der Waals surface area contributed by atoms with Gasteiger partial charge in [0, 0.05) is 22.0 Å². The molecular formula is C25H25ClN2O3. The first-order valence-corrected chi connectivity index (χ1v) is 10.6. The summed E-state index contributed by atoms with van der Waals surface area (Å²) < 4.78 is 5.52. The number of rotatable bonds is 8. The van der Waals surface area contributed by atoms with Gasteiger partial charge in [-0.1, -0.05) is 49.7 Å². The van der Waals surface area contributed by atoms with Crippen molar-refractivity contribution < 1.29 is 14.3 Å². The van der Waals surface area contributed by atoms with E-state index in [0.29, 0.717) is 22.0 Å². The van der Waals surface area contributed by atoms with Crippen molar-refractivity contribution in [2.24, 2.45) is 0 Å². The molecule has 0 spiro atoms. The largest absolute Gasteiger partial charge is 0.484 e. The Balaban J connectivity index is 1.59. The van der Waals surface area contributed by atoms with E-state index in [1.54, 1.807) is 48.5 Å². The molecule has 0 fully saturated rings. The normalized spacial score (nSPS) is 10.4. The molecule has 2 N–H and O–H groups in total. The molecule has 3 aromatic rings. The first-order valence-electron chi connectivity index (χ1n) is 10.2. The summed E-state index contributed by atoms with van der Waals surface area (Å²) in [6.07, 6.45) is 1.68. The molecule has 2 amide bonds. The molecule has 0 atom stereocenters. The van der Waals surface area contributed by atoms with Crippen LogP contribution in [0.15, 0.2) is 66.7 Å². The number of hydrogen-bond donors (Lipinski definition) is 2. The first kappa shape index (κ1) is 22.4. The summed E-state index contributed by atoms with van der Waals surface area (Å²) >= 11 is 5.91. The molecule has 0 saturated heterocycles. The molecule has 3 rings (SSSR count). The smallest absolute Gasteiger partial charge is 0.262 e. The molecule has 0 unspecified atom stereocenters. The molecule has 160 valence electrons. The van der Waals surface area contributed by atoms with E-state index >= 15 is 0 Å². The minimum Gasteiger partial charge on any atom is -0.484 e. The lowest BCUT2D eigenvalue weighted by Gasteiger charge is -2.14. The van der Waals surface area contributed by atoms with E-state index in [-0.39, 0.29) is 18.4 Å². The summed E-state index contributed by atoms with van der Waals surface area (Å²) in [5.74, 6) is 0.0224. The van der Waals surface area contributed by atoms with Crippen molar-refractivity contribution in [2.75, 3.05) is 17.2 Å². The van der Waals surface area contributed by atoms with E-state index in [2.05, 4.69) is 24.5 Å². The van der Waals surface area contributed by atoms with Gasteiger partial charge in [-0.15, -0.1) is 0 Å². The predicted molar refractivity (Wildman–Crippen MR) is 125 cm³/mol. The van der Waals surface area contributed by atoms with Crippen molar-refractivity contribution in [3.05, 3.63) is 88.4 Å². The molecule has 0 saturated carbocycles. The lowest BCUT2D eigenvalue weighted by Crippen LogP contribution is -2.20. The van der Waals surface area contributed by atoms with Gasteiger partial charge in [0.15, 0.2) is 6.61 Å². The molecule has 0 radical (unpaired) electrons.